The van der Waals surface area contributed by atoms with E-state index in [4.69, 9.17) is 4.74 Å². The zero-order valence-electron chi connectivity index (χ0n) is 14.5. The summed E-state index contributed by atoms with van der Waals surface area (Å²) in [5, 5.41) is 23.2. The van der Waals surface area contributed by atoms with Crippen LogP contribution in [0.3, 0.4) is 0 Å². The first-order valence-corrected chi connectivity index (χ1v) is 8.16. The van der Waals surface area contributed by atoms with Crippen molar-refractivity contribution in [1.29, 1.82) is 0 Å². The molecule has 142 valence electrons. The molecule has 1 aromatic heterocycles. The summed E-state index contributed by atoms with van der Waals surface area (Å²) in [6.45, 7) is 6.54. The molecule has 0 aromatic carbocycles. The van der Waals surface area contributed by atoms with E-state index in [2.05, 4.69) is 31.0 Å². The van der Waals surface area contributed by atoms with E-state index in [0.717, 1.165) is 12.1 Å². The standard InChI is InChI=1S/C15H18BrN3O7/c1-5-25-13(21)11(20)7-9-10(19(23)24)6-8(16)12(17-9)18-14(22)26-15(2,3)4/h6-7,20H,5H2,1-4H3,(H,17,18,22). The van der Waals surface area contributed by atoms with Gasteiger partial charge in [0.05, 0.1) is 16.0 Å². The van der Waals surface area contributed by atoms with Crippen LogP contribution in [0.15, 0.2) is 16.3 Å². The fraction of sp³-hybridized carbons (Fsp3) is 0.400. The van der Waals surface area contributed by atoms with E-state index >= 15 is 0 Å². The Labute approximate surface area is 157 Å². The number of aliphatic hydroxyl groups excluding tert-OH is 1. The molecule has 0 atom stereocenters. The van der Waals surface area contributed by atoms with Crippen LogP contribution in [0.25, 0.3) is 6.08 Å². The second kappa shape index (κ2) is 8.61. The molecule has 2 N–H and O–H groups in total. The maximum atomic E-state index is 11.9. The van der Waals surface area contributed by atoms with Crippen LogP contribution in [0, 0.1) is 10.1 Å². The van der Waals surface area contributed by atoms with Crippen LogP contribution in [-0.4, -0.2) is 39.3 Å². The number of hydrogen-bond donors (Lipinski definition) is 2. The number of nitrogens with one attached hydrogen (secondary N) is 1. The van der Waals surface area contributed by atoms with E-state index < -0.39 is 34.0 Å². The second-order valence-corrected chi connectivity index (χ2v) is 6.71. The third-order valence-electron chi connectivity index (χ3n) is 2.56. The van der Waals surface area contributed by atoms with E-state index in [0.29, 0.717) is 0 Å². The topological polar surface area (TPSA) is 141 Å². The van der Waals surface area contributed by atoms with Gasteiger partial charge in [-0.2, -0.15) is 0 Å². The van der Waals surface area contributed by atoms with Crippen LogP contribution in [0.5, 0.6) is 0 Å². The van der Waals surface area contributed by atoms with E-state index in [-0.39, 0.29) is 22.6 Å². The Morgan fingerprint density at radius 3 is 2.58 bits per heavy atom. The van der Waals surface area contributed by atoms with E-state index in [1.54, 1.807) is 20.8 Å². The highest BCUT2D eigenvalue weighted by Gasteiger charge is 2.23. The van der Waals surface area contributed by atoms with Crippen molar-refractivity contribution in [3.8, 4) is 0 Å². The number of pyridine rings is 1. The first-order valence-electron chi connectivity index (χ1n) is 7.37. The highest BCUT2D eigenvalue weighted by atomic mass is 79.9. The predicted molar refractivity (Wildman–Crippen MR) is 95.7 cm³/mol. The summed E-state index contributed by atoms with van der Waals surface area (Å²) in [6.07, 6.45) is -0.0489. The number of ether oxygens (including phenoxy) is 2. The largest absolute Gasteiger partial charge is 0.502 e. The quantitative estimate of drug-likeness (QED) is 0.237. The van der Waals surface area contributed by atoms with Crippen molar-refractivity contribution < 1.29 is 29.1 Å². The molecule has 11 heteroatoms. The van der Waals surface area contributed by atoms with Crippen LogP contribution >= 0.6 is 15.9 Å². The lowest BCUT2D eigenvalue weighted by Crippen LogP contribution is -2.27. The molecular weight excluding hydrogens is 414 g/mol. The van der Waals surface area contributed by atoms with Crippen LogP contribution in [0.1, 0.15) is 33.4 Å². The highest BCUT2D eigenvalue weighted by Crippen LogP contribution is 2.29. The fourth-order valence-corrected chi connectivity index (χ4v) is 2.03. The van der Waals surface area contributed by atoms with Gasteiger partial charge in [0.1, 0.15) is 11.3 Å². The Balaban J connectivity index is 3.28. The maximum absolute atomic E-state index is 11.9. The molecule has 0 unspecified atom stereocenters. The molecular formula is C15H18BrN3O7. The number of nitrogens with zero attached hydrogens (tertiary/aromatic N) is 2. The van der Waals surface area contributed by atoms with Gasteiger partial charge in [0.15, 0.2) is 5.82 Å². The molecule has 1 aromatic rings. The minimum Gasteiger partial charge on any atom is -0.502 e. The molecule has 0 fully saturated rings. The number of hydrogen-bond acceptors (Lipinski definition) is 8. The molecule has 0 aliphatic heterocycles. The number of esters is 1. The van der Waals surface area contributed by atoms with Crippen molar-refractivity contribution in [2.45, 2.75) is 33.3 Å². The average molecular weight is 432 g/mol. The van der Waals surface area contributed by atoms with Crippen molar-refractivity contribution >= 4 is 45.6 Å². The van der Waals surface area contributed by atoms with Gasteiger partial charge in [-0.15, -0.1) is 0 Å². The number of anilines is 1. The Bertz CT molecular complexity index is 756. The van der Waals surface area contributed by atoms with Gasteiger partial charge in [0.2, 0.25) is 5.76 Å². The SMILES string of the molecule is CCOC(=O)C(O)=Cc1nc(NC(=O)OC(C)(C)C)c(Br)cc1[N+](=O)[O-]. The van der Waals surface area contributed by atoms with Gasteiger partial charge in [-0.05, 0) is 43.6 Å². The van der Waals surface area contributed by atoms with Gasteiger partial charge in [0.25, 0.3) is 5.69 Å². The summed E-state index contributed by atoms with van der Waals surface area (Å²) in [4.78, 5) is 37.7. The molecule has 26 heavy (non-hydrogen) atoms. The van der Waals surface area contributed by atoms with Gasteiger partial charge < -0.3 is 14.6 Å². The molecule has 10 nitrogen and oxygen atoms in total. The summed E-state index contributed by atoms with van der Waals surface area (Å²) in [5.41, 5.74) is -1.61. The predicted octanol–water partition coefficient (Wildman–Crippen LogP) is 3.56. The van der Waals surface area contributed by atoms with Crippen LogP contribution in [-0.2, 0) is 14.3 Å². The summed E-state index contributed by atoms with van der Waals surface area (Å²) in [5.74, 6) is -2.02. The molecule has 1 amide bonds. The molecule has 0 aliphatic carbocycles. The summed E-state index contributed by atoms with van der Waals surface area (Å²) in [7, 11) is 0. The van der Waals surface area contributed by atoms with Crippen LogP contribution in [0.2, 0.25) is 0 Å². The zero-order chi connectivity index (χ0) is 20.1. The van der Waals surface area contributed by atoms with E-state index in [9.17, 15) is 24.8 Å². The zero-order valence-corrected chi connectivity index (χ0v) is 16.1. The molecule has 0 saturated heterocycles. The Kier molecular flexibility index (Phi) is 7.07. The molecule has 0 aliphatic rings. The Morgan fingerprint density at radius 2 is 2.08 bits per heavy atom. The van der Waals surface area contributed by atoms with Gasteiger partial charge in [-0.3, -0.25) is 15.4 Å². The number of aliphatic hydroxyl groups is 1. The lowest BCUT2D eigenvalue weighted by Gasteiger charge is -2.19. The van der Waals surface area contributed by atoms with Crippen LogP contribution in [0.4, 0.5) is 16.3 Å². The number of rotatable bonds is 5. The number of amides is 1. The first kappa shape index (κ1) is 21.4. The molecule has 1 heterocycles. The second-order valence-electron chi connectivity index (χ2n) is 5.86. The molecule has 1 rings (SSSR count). The van der Waals surface area contributed by atoms with Gasteiger partial charge >= 0.3 is 12.1 Å². The van der Waals surface area contributed by atoms with Crippen molar-refractivity contribution in [1.82, 2.24) is 4.98 Å². The van der Waals surface area contributed by atoms with Crippen molar-refractivity contribution in [2.75, 3.05) is 11.9 Å². The number of carbonyl (C=O) groups is 2. The van der Waals surface area contributed by atoms with Gasteiger partial charge in [0, 0.05) is 12.1 Å². The Morgan fingerprint density at radius 1 is 1.46 bits per heavy atom. The lowest BCUT2D eigenvalue weighted by molar-refractivity contribution is -0.385. The van der Waals surface area contributed by atoms with Gasteiger partial charge in [-0.1, -0.05) is 0 Å². The molecule has 0 radical (unpaired) electrons. The monoisotopic (exact) mass is 431 g/mol. The van der Waals surface area contributed by atoms with Crippen LogP contribution < -0.4 is 5.32 Å². The summed E-state index contributed by atoms with van der Waals surface area (Å²) >= 11 is 3.07. The number of nitro groups is 1. The van der Waals surface area contributed by atoms with Gasteiger partial charge in [-0.25, -0.2) is 14.6 Å². The number of carbonyl (C=O) groups excluding carboxylic acids is 2. The number of aromatic nitrogens is 1. The molecule has 0 saturated carbocycles. The third-order valence-corrected chi connectivity index (χ3v) is 3.16. The summed E-state index contributed by atoms with van der Waals surface area (Å²) < 4.78 is 9.79. The Hall–Kier alpha value is -2.69. The lowest BCUT2D eigenvalue weighted by atomic mass is 10.2. The molecule has 0 spiro atoms. The van der Waals surface area contributed by atoms with Crippen molar-refractivity contribution in [3.63, 3.8) is 0 Å². The molecule has 0 bridgehead atoms. The number of halogens is 1. The minimum absolute atomic E-state index is 0.0119. The maximum Gasteiger partial charge on any atom is 0.413 e. The van der Waals surface area contributed by atoms with E-state index in [1.807, 2.05) is 0 Å². The smallest absolute Gasteiger partial charge is 0.413 e. The summed E-state index contributed by atoms with van der Waals surface area (Å²) in [6, 6.07) is 1.07. The average Bonchev–Trinajstić information content (AvgIpc) is 2.48. The van der Waals surface area contributed by atoms with Crippen molar-refractivity contribution in [3.05, 3.63) is 32.1 Å². The fourth-order valence-electron chi connectivity index (χ4n) is 1.63. The minimum atomic E-state index is -1.06. The van der Waals surface area contributed by atoms with Crippen molar-refractivity contribution in [2.24, 2.45) is 0 Å². The first-order chi connectivity index (χ1) is 11.9. The van der Waals surface area contributed by atoms with E-state index in [1.165, 1.54) is 6.92 Å². The highest BCUT2D eigenvalue weighted by molar-refractivity contribution is 9.10. The third kappa shape index (κ3) is 6.31. The normalized spacial score (nSPS) is 11.7.